The van der Waals surface area contributed by atoms with Crippen molar-refractivity contribution < 1.29 is 0 Å². The van der Waals surface area contributed by atoms with E-state index in [0.717, 1.165) is 12.6 Å². The summed E-state index contributed by atoms with van der Waals surface area (Å²) in [5.41, 5.74) is 6.52. The lowest BCUT2D eigenvalue weighted by Gasteiger charge is -2.45. The van der Waals surface area contributed by atoms with Crippen LogP contribution in [0, 0.1) is 5.41 Å². The maximum atomic E-state index is 6.29. The van der Waals surface area contributed by atoms with E-state index < -0.39 is 0 Å². The van der Waals surface area contributed by atoms with E-state index in [2.05, 4.69) is 30.6 Å². The lowest BCUT2D eigenvalue weighted by atomic mass is 9.87. The van der Waals surface area contributed by atoms with E-state index in [1.807, 2.05) is 0 Å². The third-order valence-electron chi connectivity index (χ3n) is 4.49. The first-order valence-corrected chi connectivity index (χ1v) is 7.19. The van der Waals surface area contributed by atoms with Crippen molar-refractivity contribution in [3.8, 4) is 0 Å². The number of hydrogen-bond donors (Lipinski definition) is 1. The van der Waals surface area contributed by atoms with Gasteiger partial charge in [-0.3, -0.25) is 9.80 Å². The minimum absolute atomic E-state index is 0.226. The second-order valence-electron chi connectivity index (χ2n) is 6.92. The first-order chi connectivity index (χ1) is 7.97. The minimum Gasteiger partial charge on any atom is -0.326 e. The molecule has 0 radical (unpaired) electrons. The average molecular weight is 239 g/mol. The van der Waals surface area contributed by atoms with Crippen molar-refractivity contribution in [3.05, 3.63) is 0 Å². The summed E-state index contributed by atoms with van der Waals surface area (Å²) >= 11 is 0. The van der Waals surface area contributed by atoms with Gasteiger partial charge in [0.05, 0.1) is 0 Å². The number of piperidine rings is 1. The van der Waals surface area contributed by atoms with E-state index in [9.17, 15) is 0 Å². The molecule has 0 spiro atoms. The van der Waals surface area contributed by atoms with Gasteiger partial charge in [-0.15, -0.1) is 0 Å². The van der Waals surface area contributed by atoms with Crippen LogP contribution in [0.3, 0.4) is 0 Å². The number of piperazine rings is 1. The smallest absolute Gasteiger partial charge is 0.0223 e. The quantitative estimate of drug-likeness (QED) is 0.793. The van der Waals surface area contributed by atoms with Gasteiger partial charge in [-0.25, -0.2) is 0 Å². The maximum absolute atomic E-state index is 6.29. The van der Waals surface area contributed by atoms with E-state index >= 15 is 0 Å². The van der Waals surface area contributed by atoms with Gasteiger partial charge < -0.3 is 5.73 Å². The monoisotopic (exact) mass is 239 g/mol. The second-order valence-corrected chi connectivity index (χ2v) is 6.92. The van der Waals surface area contributed by atoms with Gasteiger partial charge in [0.2, 0.25) is 0 Å². The molecule has 2 N–H and O–H groups in total. The van der Waals surface area contributed by atoms with Crippen LogP contribution in [-0.4, -0.2) is 54.6 Å². The molecule has 2 aliphatic heterocycles. The third-order valence-corrected chi connectivity index (χ3v) is 4.49. The SMILES string of the molecule is CC(C)(C)C(N)CN1CCN2CCCCC2C1. The fourth-order valence-electron chi connectivity index (χ4n) is 2.94. The number of nitrogens with zero attached hydrogens (tertiary/aromatic N) is 2. The predicted molar refractivity (Wildman–Crippen MR) is 73.1 cm³/mol. The first-order valence-electron chi connectivity index (χ1n) is 7.19. The zero-order chi connectivity index (χ0) is 12.5. The fourth-order valence-corrected chi connectivity index (χ4v) is 2.94. The van der Waals surface area contributed by atoms with Crippen molar-refractivity contribution in [3.63, 3.8) is 0 Å². The van der Waals surface area contributed by atoms with Crippen LogP contribution >= 0.6 is 0 Å². The molecule has 3 nitrogen and oxygen atoms in total. The fraction of sp³-hybridized carbons (Fsp3) is 1.00. The van der Waals surface area contributed by atoms with Crippen molar-refractivity contribution in [1.29, 1.82) is 0 Å². The topological polar surface area (TPSA) is 32.5 Å². The Morgan fingerprint density at radius 1 is 1.18 bits per heavy atom. The molecule has 2 unspecified atom stereocenters. The highest BCUT2D eigenvalue weighted by atomic mass is 15.3. The van der Waals surface area contributed by atoms with Crippen LogP contribution in [0.1, 0.15) is 40.0 Å². The molecule has 2 fully saturated rings. The minimum atomic E-state index is 0.226. The van der Waals surface area contributed by atoms with E-state index in [4.69, 9.17) is 5.73 Å². The van der Waals surface area contributed by atoms with Crippen molar-refractivity contribution in [1.82, 2.24) is 9.80 Å². The molecule has 2 atom stereocenters. The van der Waals surface area contributed by atoms with E-state index in [1.54, 1.807) is 0 Å². The van der Waals surface area contributed by atoms with Crippen molar-refractivity contribution in [2.24, 2.45) is 11.1 Å². The number of nitrogens with two attached hydrogens (primary N) is 1. The highest BCUT2D eigenvalue weighted by molar-refractivity contribution is 4.88. The molecule has 2 saturated heterocycles. The molecule has 0 aliphatic carbocycles. The Balaban J connectivity index is 1.83. The van der Waals surface area contributed by atoms with E-state index in [0.29, 0.717) is 0 Å². The maximum Gasteiger partial charge on any atom is 0.0223 e. The summed E-state index contributed by atoms with van der Waals surface area (Å²) in [4.78, 5) is 5.27. The molecular weight excluding hydrogens is 210 g/mol. The van der Waals surface area contributed by atoms with Gasteiger partial charge in [0, 0.05) is 38.3 Å². The number of rotatable bonds is 2. The molecule has 2 aliphatic rings. The van der Waals surface area contributed by atoms with Crippen molar-refractivity contribution in [2.45, 2.75) is 52.1 Å². The van der Waals surface area contributed by atoms with Crippen LogP contribution in [0.25, 0.3) is 0 Å². The van der Waals surface area contributed by atoms with Gasteiger partial charge in [0.15, 0.2) is 0 Å². The first kappa shape index (κ1) is 13.3. The lowest BCUT2D eigenvalue weighted by molar-refractivity contribution is 0.0404. The predicted octanol–water partition coefficient (Wildman–Crippen LogP) is 1.53. The highest BCUT2D eigenvalue weighted by Crippen LogP contribution is 2.23. The molecule has 0 aromatic rings. The summed E-state index contributed by atoms with van der Waals surface area (Å²) in [6.45, 7) is 12.8. The molecule has 17 heavy (non-hydrogen) atoms. The van der Waals surface area contributed by atoms with Gasteiger partial charge >= 0.3 is 0 Å². The Bertz CT molecular complexity index is 246. The molecule has 0 aromatic carbocycles. The summed E-state index contributed by atoms with van der Waals surface area (Å²) in [5, 5.41) is 0. The standard InChI is InChI=1S/C14H29N3/c1-14(2,3)13(15)11-16-8-9-17-7-5-4-6-12(17)10-16/h12-13H,4-11,15H2,1-3H3. The normalized spacial score (nSPS) is 30.0. The molecule has 0 amide bonds. The van der Waals surface area contributed by atoms with Crippen LogP contribution in [0.2, 0.25) is 0 Å². The Kier molecular flexibility index (Phi) is 4.11. The molecule has 2 heterocycles. The molecule has 2 rings (SSSR count). The van der Waals surface area contributed by atoms with Crippen LogP contribution in [0.15, 0.2) is 0 Å². The lowest BCUT2D eigenvalue weighted by Crippen LogP contribution is -2.57. The van der Waals surface area contributed by atoms with Gasteiger partial charge in [-0.1, -0.05) is 27.2 Å². The Morgan fingerprint density at radius 3 is 2.65 bits per heavy atom. The summed E-state index contributed by atoms with van der Waals surface area (Å²) in [6, 6.07) is 1.10. The van der Waals surface area contributed by atoms with Gasteiger partial charge in [0.1, 0.15) is 0 Å². The molecule has 0 aromatic heterocycles. The Hall–Kier alpha value is -0.120. The van der Waals surface area contributed by atoms with Crippen molar-refractivity contribution in [2.75, 3.05) is 32.7 Å². The second kappa shape index (κ2) is 5.25. The molecule has 3 heteroatoms. The van der Waals surface area contributed by atoms with Gasteiger partial charge in [-0.2, -0.15) is 0 Å². The van der Waals surface area contributed by atoms with Crippen LogP contribution in [-0.2, 0) is 0 Å². The zero-order valence-corrected chi connectivity index (χ0v) is 11.8. The Morgan fingerprint density at radius 2 is 1.94 bits per heavy atom. The van der Waals surface area contributed by atoms with Gasteiger partial charge in [0.25, 0.3) is 0 Å². The summed E-state index contributed by atoms with van der Waals surface area (Å²) in [7, 11) is 0. The zero-order valence-electron chi connectivity index (χ0n) is 11.8. The number of hydrogen-bond acceptors (Lipinski definition) is 3. The average Bonchev–Trinajstić information content (AvgIpc) is 2.27. The van der Waals surface area contributed by atoms with E-state index in [1.165, 1.54) is 45.4 Å². The molecule has 100 valence electrons. The third kappa shape index (κ3) is 3.43. The summed E-state index contributed by atoms with van der Waals surface area (Å²) in [5.74, 6) is 0. The van der Waals surface area contributed by atoms with Crippen molar-refractivity contribution >= 4 is 0 Å². The number of fused-ring (bicyclic) bond motifs is 1. The Labute approximate surface area is 106 Å². The largest absolute Gasteiger partial charge is 0.326 e. The molecule has 0 saturated carbocycles. The summed E-state index contributed by atoms with van der Waals surface area (Å²) in [6.07, 6.45) is 4.21. The van der Waals surface area contributed by atoms with Gasteiger partial charge in [-0.05, 0) is 24.8 Å². The molecule has 0 bridgehead atoms. The van der Waals surface area contributed by atoms with Crippen LogP contribution in [0.5, 0.6) is 0 Å². The summed E-state index contributed by atoms with van der Waals surface area (Å²) < 4.78 is 0. The molecular formula is C14H29N3. The van der Waals surface area contributed by atoms with Crippen LogP contribution in [0.4, 0.5) is 0 Å². The van der Waals surface area contributed by atoms with Crippen LogP contribution < -0.4 is 5.73 Å². The van der Waals surface area contributed by atoms with E-state index in [-0.39, 0.29) is 11.5 Å². The highest BCUT2D eigenvalue weighted by Gasteiger charge is 2.31.